The molecule has 1 atom stereocenters. The van der Waals surface area contributed by atoms with Gasteiger partial charge in [-0.3, -0.25) is 9.69 Å². The van der Waals surface area contributed by atoms with E-state index in [0.717, 1.165) is 16.7 Å². The van der Waals surface area contributed by atoms with E-state index in [1.165, 1.54) is 0 Å². The number of carbonyl (C=O) groups excluding carboxylic acids is 1. The average molecular weight is 411 g/mol. The molecule has 2 aromatic carbocycles. The molecule has 1 heterocycles. The molecule has 0 bridgehead atoms. The molecular weight excluding hydrogens is 384 g/mol. The Labute approximate surface area is 173 Å². The maximum absolute atomic E-state index is 13.6. The van der Waals surface area contributed by atoms with Crippen molar-refractivity contribution < 1.29 is 13.2 Å². The van der Waals surface area contributed by atoms with Gasteiger partial charge < -0.3 is 4.90 Å². The van der Waals surface area contributed by atoms with E-state index < -0.39 is 15.9 Å². The molecule has 1 unspecified atom stereocenters. The molecule has 0 N–H and O–H groups in total. The zero-order valence-electron chi connectivity index (χ0n) is 16.6. The summed E-state index contributed by atoms with van der Waals surface area (Å²) in [5, 5.41) is 0. The second kappa shape index (κ2) is 9.25. The summed E-state index contributed by atoms with van der Waals surface area (Å²) in [4.78, 5) is 17.2. The maximum atomic E-state index is 13.6. The van der Waals surface area contributed by atoms with Crippen molar-refractivity contribution in [1.82, 2.24) is 9.80 Å². The van der Waals surface area contributed by atoms with E-state index in [2.05, 4.69) is 5.92 Å². The van der Waals surface area contributed by atoms with Crippen LogP contribution >= 0.6 is 0 Å². The van der Waals surface area contributed by atoms with E-state index in [4.69, 9.17) is 6.42 Å². The van der Waals surface area contributed by atoms with Crippen LogP contribution in [0.15, 0.2) is 54.6 Å². The van der Waals surface area contributed by atoms with Gasteiger partial charge in [0.25, 0.3) is 0 Å². The monoisotopic (exact) mass is 410 g/mol. The van der Waals surface area contributed by atoms with Crippen molar-refractivity contribution in [2.45, 2.75) is 19.5 Å². The van der Waals surface area contributed by atoms with Crippen LogP contribution in [0.1, 0.15) is 22.7 Å². The van der Waals surface area contributed by atoms with Gasteiger partial charge in [-0.1, -0.05) is 66.1 Å². The molecule has 6 heteroatoms. The van der Waals surface area contributed by atoms with Crippen molar-refractivity contribution >= 4 is 15.7 Å². The molecule has 1 aliphatic heterocycles. The van der Waals surface area contributed by atoms with Crippen LogP contribution in [0.25, 0.3) is 0 Å². The summed E-state index contributed by atoms with van der Waals surface area (Å²) in [5.74, 6) is 2.62. The van der Waals surface area contributed by atoms with E-state index >= 15 is 0 Å². The molecule has 0 aromatic heterocycles. The molecule has 1 fully saturated rings. The molecule has 0 saturated carbocycles. The van der Waals surface area contributed by atoms with Gasteiger partial charge in [-0.25, -0.2) is 8.42 Å². The summed E-state index contributed by atoms with van der Waals surface area (Å²) in [6, 6.07) is 17.0. The lowest BCUT2D eigenvalue weighted by atomic mass is 10.0. The Morgan fingerprint density at radius 1 is 1.10 bits per heavy atom. The Kier molecular flexibility index (Phi) is 6.73. The van der Waals surface area contributed by atoms with E-state index in [0.29, 0.717) is 19.6 Å². The van der Waals surface area contributed by atoms with Gasteiger partial charge in [0.15, 0.2) is 9.84 Å². The number of hydrogen-bond acceptors (Lipinski definition) is 4. The molecule has 1 aliphatic rings. The first-order chi connectivity index (χ1) is 13.9. The smallest absolute Gasteiger partial charge is 0.245 e. The Morgan fingerprint density at radius 2 is 1.72 bits per heavy atom. The van der Waals surface area contributed by atoms with Gasteiger partial charge in [0.1, 0.15) is 6.04 Å². The van der Waals surface area contributed by atoms with Crippen molar-refractivity contribution in [3.8, 4) is 12.3 Å². The van der Waals surface area contributed by atoms with E-state index in [1.54, 1.807) is 4.90 Å². The second-order valence-corrected chi connectivity index (χ2v) is 9.69. The van der Waals surface area contributed by atoms with Gasteiger partial charge in [-0.2, -0.15) is 0 Å². The number of benzene rings is 2. The zero-order valence-corrected chi connectivity index (χ0v) is 17.4. The molecular formula is C23H26N2O3S. The van der Waals surface area contributed by atoms with Crippen LogP contribution < -0.4 is 0 Å². The SMILES string of the molecule is C#CCN(Cc1ccc(C)cc1)C(=O)C(c1ccccc1)N1CCS(=O)(=O)CC1. The Morgan fingerprint density at radius 3 is 2.31 bits per heavy atom. The number of nitrogens with zero attached hydrogens (tertiary/aromatic N) is 2. The fraction of sp³-hybridized carbons (Fsp3) is 0.348. The number of terminal acetylenes is 1. The number of amides is 1. The summed E-state index contributed by atoms with van der Waals surface area (Å²) in [6.45, 7) is 3.30. The summed E-state index contributed by atoms with van der Waals surface area (Å²) in [6.07, 6.45) is 5.56. The van der Waals surface area contributed by atoms with Crippen molar-refractivity contribution in [1.29, 1.82) is 0 Å². The first-order valence-electron chi connectivity index (χ1n) is 9.67. The van der Waals surface area contributed by atoms with Crippen LogP contribution in [0.3, 0.4) is 0 Å². The normalized spacial score (nSPS) is 17.2. The molecule has 3 rings (SSSR count). The lowest BCUT2D eigenvalue weighted by molar-refractivity contribution is -0.137. The minimum atomic E-state index is -3.04. The highest BCUT2D eigenvalue weighted by Crippen LogP contribution is 2.26. The van der Waals surface area contributed by atoms with Gasteiger partial charge in [0.05, 0.1) is 18.1 Å². The molecule has 5 nitrogen and oxygen atoms in total. The summed E-state index contributed by atoms with van der Waals surface area (Å²) < 4.78 is 23.8. The third kappa shape index (κ3) is 5.47. The first kappa shape index (κ1) is 21.1. The van der Waals surface area contributed by atoms with Crippen molar-refractivity contribution in [2.75, 3.05) is 31.1 Å². The zero-order chi connectivity index (χ0) is 20.9. The predicted molar refractivity (Wildman–Crippen MR) is 115 cm³/mol. The summed E-state index contributed by atoms with van der Waals surface area (Å²) in [5.41, 5.74) is 3.01. The van der Waals surface area contributed by atoms with Gasteiger partial charge in [0, 0.05) is 19.6 Å². The first-order valence-corrected chi connectivity index (χ1v) is 11.5. The minimum absolute atomic E-state index is 0.0662. The predicted octanol–water partition coefficient (Wildman–Crippen LogP) is 2.43. The van der Waals surface area contributed by atoms with Gasteiger partial charge in [-0.05, 0) is 18.1 Å². The fourth-order valence-electron chi connectivity index (χ4n) is 3.54. The van der Waals surface area contributed by atoms with Crippen molar-refractivity contribution in [2.24, 2.45) is 0 Å². The largest absolute Gasteiger partial charge is 0.326 e. The topological polar surface area (TPSA) is 57.7 Å². The Bertz CT molecular complexity index is 965. The number of aryl methyl sites for hydroxylation is 1. The Hall–Kier alpha value is -2.62. The third-order valence-electron chi connectivity index (χ3n) is 5.18. The molecule has 1 amide bonds. The lowest BCUT2D eigenvalue weighted by Gasteiger charge is -2.36. The van der Waals surface area contributed by atoms with Gasteiger partial charge in [-0.15, -0.1) is 6.42 Å². The highest BCUT2D eigenvalue weighted by atomic mass is 32.2. The Balaban J connectivity index is 1.89. The lowest BCUT2D eigenvalue weighted by Crippen LogP contribution is -2.48. The molecule has 1 saturated heterocycles. The molecule has 2 aromatic rings. The van der Waals surface area contributed by atoms with Crippen molar-refractivity contribution in [3.63, 3.8) is 0 Å². The second-order valence-electron chi connectivity index (χ2n) is 7.39. The van der Waals surface area contributed by atoms with Gasteiger partial charge in [0.2, 0.25) is 5.91 Å². The van der Waals surface area contributed by atoms with Crippen LogP contribution in [0, 0.1) is 19.3 Å². The van der Waals surface area contributed by atoms with Crippen LogP contribution in [0.5, 0.6) is 0 Å². The van der Waals surface area contributed by atoms with Crippen molar-refractivity contribution in [3.05, 3.63) is 71.3 Å². The van der Waals surface area contributed by atoms with E-state index in [1.807, 2.05) is 66.4 Å². The highest BCUT2D eigenvalue weighted by molar-refractivity contribution is 7.91. The summed E-state index contributed by atoms with van der Waals surface area (Å²) in [7, 11) is -3.04. The number of rotatable bonds is 6. The number of hydrogen-bond donors (Lipinski definition) is 0. The van der Waals surface area contributed by atoms with E-state index in [9.17, 15) is 13.2 Å². The van der Waals surface area contributed by atoms with Gasteiger partial charge >= 0.3 is 0 Å². The molecule has 0 radical (unpaired) electrons. The molecule has 29 heavy (non-hydrogen) atoms. The number of carbonyl (C=O) groups is 1. The summed E-state index contributed by atoms with van der Waals surface area (Å²) >= 11 is 0. The van der Waals surface area contributed by atoms with Crippen LogP contribution in [-0.4, -0.2) is 55.3 Å². The molecule has 0 aliphatic carbocycles. The molecule has 152 valence electrons. The third-order valence-corrected chi connectivity index (χ3v) is 6.79. The minimum Gasteiger partial charge on any atom is -0.326 e. The van der Waals surface area contributed by atoms with Crippen LogP contribution in [0.4, 0.5) is 0 Å². The molecule has 0 spiro atoms. The fourth-order valence-corrected chi connectivity index (χ4v) is 4.77. The maximum Gasteiger partial charge on any atom is 0.245 e. The average Bonchev–Trinajstić information content (AvgIpc) is 2.71. The number of sulfone groups is 1. The van der Waals surface area contributed by atoms with Crippen LogP contribution in [-0.2, 0) is 21.2 Å². The standard InChI is InChI=1S/C23H26N2O3S/c1-3-13-25(18-20-11-9-19(2)10-12-20)23(26)22(21-7-5-4-6-8-21)24-14-16-29(27,28)17-15-24/h1,4-12,22H,13-18H2,2H3. The van der Waals surface area contributed by atoms with Crippen LogP contribution in [0.2, 0.25) is 0 Å². The highest BCUT2D eigenvalue weighted by Gasteiger charge is 2.34. The van der Waals surface area contributed by atoms with E-state index in [-0.39, 0.29) is 24.0 Å². The quantitative estimate of drug-likeness (QED) is 0.687.